The van der Waals surface area contributed by atoms with Crippen molar-refractivity contribution < 1.29 is 9.53 Å². The Morgan fingerprint density at radius 2 is 2.16 bits per heavy atom. The topological polar surface area (TPSA) is 88.1 Å². The maximum Gasteiger partial charge on any atom is 0.244 e. The van der Waals surface area contributed by atoms with Gasteiger partial charge in [0.2, 0.25) is 5.91 Å². The molecular formula is C14H19N3O2. The lowest BCUT2D eigenvalue weighted by Gasteiger charge is -2.25. The normalized spacial score (nSPS) is 10.6. The van der Waals surface area contributed by atoms with Crippen LogP contribution in [0.1, 0.15) is 26.7 Å². The molecule has 0 fully saturated rings. The highest BCUT2D eigenvalue weighted by molar-refractivity contribution is 5.98. The second-order valence-electron chi connectivity index (χ2n) is 4.29. The van der Waals surface area contributed by atoms with Gasteiger partial charge in [-0.15, -0.1) is 0 Å². The van der Waals surface area contributed by atoms with Crippen molar-refractivity contribution in [2.75, 3.05) is 11.9 Å². The minimum Gasteiger partial charge on any atom is -0.479 e. The van der Waals surface area contributed by atoms with Crippen molar-refractivity contribution in [3.05, 3.63) is 24.3 Å². The molecule has 0 atom stereocenters. The smallest absolute Gasteiger partial charge is 0.244 e. The standard InChI is InChI=1S/C14H19N3O2/c1-3-14(16,4-2)13(18)17-11-6-5-7-12(10-11)19-9-8-15/h5-7,10H,3-4,9,16H2,1-2H3,(H,17,18). The van der Waals surface area contributed by atoms with Gasteiger partial charge in [0.1, 0.15) is 11.8 Å². The Hall–Kier alpha value is -2.06. The first-order chi connectivity index (χ1) is 9.05. The lowest BCUT2D eigenvalue weighted by molar-refractivity contribution is -0.121. The number of carbonyl (C=O) groups is 1. The van der Waals surface area contributed by atoms with Crippen molar-refractivity contribution in [1.29, 1.82) is 5.26 Å². The number of benzene rings is 1. The molecule has 0 heterocycles. The Balaban J connectivity index is 2.77. The first-order valence-electron chi connectivity index (χ1n) is 6.26. The van der Waals surface area contributed by atoms with Gasteiger partial charge in [0.25, 0.3) is 0 Å². The van der Waals surface area contributed by atoms with Gasteiger partial charge in [0.15, 0.2) is 6.61 Å². The number of carbonyl (C=O) groups excluding carboxylic acids is 1. The number of nitrogens with two attached hydrogens (primary N) is 1. The highest BCUT2D eigenvalue weighted by Gasteiger charge is 2.29. The van der Waals surface area contributed by atoms with Crippen LogP contribution in [0.5, 0.6) is 5.75 Å². The molecule has 0 aliphatic rings. The van der Waals surface area contributed by atoms with Crippen LogP contribution in [0, 0.1) is 11.3 Å². The number of hydrogen-bond acceptors (Lipinski definition) is 4. The maximum atomic E-state index is 12.1. The van der Waals surface area contributed by atoms with Gasteiger partial charge in [-0.1, -0.05) is 19.9 Å². The summed E-state index contributed by atoms with van der Waals surface area (Å²) >= 11 is 0. The van der Waals surface area contributed by atoms with Crippen molar-refractivity contribution in [1.82, 2.24) is 0 Å². The Kier molecular flexibility index (Phi) is 5.34. The molecule has 5 nitrogen and oxygen atoms in total. The molecule has 0 aliphatic heterocycles. The van der Waals surface area contributed by atoms with Crippen LogP contribution < -0.4 is 15.8 Å². The molecule has 0 saturated carbocycles. The van der Waals surface area contributed by atoms with Crippen molar-refractivity contribution in [2.45, 2.75) is 32.2 Å². The van der Waals surface area contributed by atoms with E-state index in [9.17, 15) is 4.79 Å². The average Bonchev–Trinajstić information content (AvgIpc) is 2.44. The van der Waals surface area contributed by atoms with E-state index in [1.54, 1.807) is 24.3 Å². The number of nitrogens with zero attached hydrogens (tertiary/aromatic N) is 1. The van der Waals surface area contributed by atoms with Gasteiger partial charge < -0.3 is 15.8 Å². The van der Waals surface area contributed by atoms with E-state index >= 15 is 0 Å². The Morgan fingerprint density at radius 1 is 1.47 bits per heavy atom. The van der Waals surface area contributed by atoms with Crippen LogP contribution in [0.4, 0.5) is 5.69 Å². The number of ether oxygens (including phenoxy) is 1. The maximum absolute atomic E-state index is 12.1. The van der Waals surface area contributed by atoms with E-state index in [0.717, 1.165) is 0 Å². The van der Waals surface area contributed by atoms with E-state index in [2.05, 4.69) is 5.32 Å². The van der Waals surface area contributed by atoms with Crippen molar-refractivity contribution in [3.8, 4) is 11.8 Å². The first-order valence-corrected chi connectivity index (χ1v) is 6.26. The third-order valence-corrected chi connectivity index (χ3v) is 3.11. The molecule has 0 radical (unpaired) electrons. The van der Waals surface area contributed by atoms with Gasteiger partial charge in [-0.25, -0.2) is 0 Å². The number of anilines is 1. The summed E-state index contributed by atoms with van der Waals surface area (Å²) in [5.41, 5.74) is 5.77. The lowest BCUT2D eigenvalue weighted by Crippen LogP contribution is -2.50. The third-order valence-electron chi connectivity index (χ3n) is 3.11. The lowest BCUT2D eigenvalue weighted by atomic mass is 9.93. The predicted molar refractivity (Wildman–Crippen MR) is 73.7 cm³/mol. The quantitative estimate of drug-likeness (QED) is 0.820. The summed E-state index contributed by atoms with van der Waals surface area (Å²) in [7, 11) is 0. The molecule has 19 heavy (non-hydrogen) atoms. The van der Waals surface area contributed by atoms with E-state index in [1.165, 1.54) is 0 Å². The summed E-state index contributed by atoms with van der Waals surface area (Å²) in [5.74, 6) is 0.324. The molecule has 102 valence electrons. The molecule has 5 heteroatoms. The summed E-state index contributed by atoms with van der Waals surface area (Å²) in [4.78, 5) is 12.1. The molecule has 1 amide bonds. The molecule has 0 saturated heterocycles. The van der Waals surface area contributed by atoms with Crippen LogP contribution in [-0.2, 0) is 4.79 Å². The summed E-state index contributed by atoms with van der Waals surface area (Å²) in [6.07, 6.45) is 1.14. The van der Waals surface area contributed by atoms with Crippen LogP contribution in [0.3, 0.4) is 0 Å². The van der Waals surface area contributed by atoms with Crippen molar-refractivity contribution in [2.24, 2.45) is 5.73 Å². The molecule has 1 aromatic rings. The number of amides is 1. The predicted octanol–water partition coefficient (Wildman–Crippen LogP) is 2.04. The van der Waals surface area contributed by atoms with E-state index in [4.69, 9.17) is 15.7 Å². The van der Waals surface area contributed by atoms with E-state index in [0.29, 0.717) is 24.3 Å². The van der Waals surface area contributed by atoms with Gasteiger partial charge in [-0.3, -0.25) is 4.79 Å². The fraction of sp³-hybridized carbons (Fsp3) is 0.429. The average molecular weight is 261 g/mol. The zero-order valence-corrected chi connectivity index (χ0v) is 11.3. The Morgan fingerprint density at radius 3 is 2.74 bits per heavy atom. The molecule has 0 spiro atoms. The fourth-order valence-corrected chi connectivity index (χ4v) is 1.61. The van der Waals surface area contributed by atoms with Gasteiger partial charge in [0, 0.05) is 11.8 Å². The van der Waals surface area contributed by atoms with Crippen LogP contribution >= 0.6 is 0 Å². The van der Waals surface area contributed by atoms with Crippen LogP contribution in [-0.4, -0.2) is 18.1 Å². The first kappa shape index (κ1) is 15.0. The molecule has 1 rings (SSSR count). The number of nitriles is 1. The van der Waals surface area contributed by atoms with Crippen molar-refractivity contribution in [3.63, 3.8) is 0 Å². The van der Waals surface area contributed by atoms with Gasteiger partial charge in [0.05, 0.1) is 5.54 Å². The minimum absolute atomic E-state index is 0.0256. The zero-order valence-electron chi connectivity index (χ0n) is 11.3. The minimum atomic E-state index is -0.858. The summed E-state index contributed by atoms with van der Waals surface area (Å²) in [6, 6.07) is 8.78. The van der Waals surface area contributed by atoms with Gasteiger partial charge in [-0.05, 0) is 25.0 Å². The van der Waals surface area contributed by atoms with Crippen LogP contribution in [0.15, 0.2) is 24.3 Å². The number of hydrogen-bond donors (Lipinski definition) is 2. The highest BCUT2D eigenvalue weighted by Crippen LogP contribution is 2.20. The molecule has 0 aliphatic carbocycles. The summed E-state index contributed by atoms with van der Waals surface area (Å²) < 4.78 is 5.17. The van der Waals surface area contributed by atoms with Crippen molar-refractivity contribution >= 4 is 11.6 Å². The summed E-state index contributed by atoms with van der Waals surface area (Å²) in [6.45, 7) is 3.74. The molecular weight excluding hydrogens is 242 g/mol. The summed E-state index contributed by atoms with van der Waals surface area (Å²) in [5, 5.41) is 11.2. The number of nitrogens with one attached hydrogen (secondary N) is 1. The molecule has 3 N–H and O–H groups in total. The Bertz CT molecular complexity index is 476. The second-order valence-corrected chi connectivity index (χ2v) is 4.29. The molecule has 1 aromatic carbocycles. The zero-order chi connectivity index (χ0) is 14.3. The van der Waals surface area contributed by atoms with Gasteiger partial charge >= 0.3 is 0 Å². The molecule has 0 bridgehead atoms. The van der Waals surface area contributed by atoms with E-state index in [-0.39, 0.29) is 12.5 Å². The third kappa shape index (κ3) is 3.97. The number of rotatable bonds is 6. The fourth-order valence-electron chi connectivity index (χ4n) is 1.61. The molecule has 0 aromatic heterocycles. The van der Waals surface area contributed by atoms with E-state index < -0.39 is 5.54 Å². The highest BCUT2D eigenvalue weighted by atomic mass is 16.5. The largest absolute Gasteiger partial charge is 0.479 e. The molecule has 0 unspecified atom stereocenters. The van der Waals surface area contributed by atoms with E-state index in [1.807, 2.05) is 19.9 Å². The SMILES string of the molecule is CCC(N)(CC)C(=O)Nc1cccc(OCC#N)c1. The second kappa shape index (κ2) is 6.76. The van der Waals surface area contributed by atoms with Crippen LogP contribution in [0.25, 0.3) is 0 Å². The van der Waals surface area contributed by atoms with Gasteiger partial charge in [-0.2, -0.15) is 5.26 Å². The monoisotopic (exact) mass is 261 g/mol. The van der Waals surface area contributed by atoms with Crippen LogP contribution in [0.2, 0.25) is 0 Å². The Labute approximate surface area is 113 Å².